The van der Waals surface area contributed by atoms with Crippen molar-refractivity contribution in [3.63, 3.8) is 0 Å². The molecule has 2 aliphatic rings. The number of H-pyrrole nitrogens is 1. The van der Waals surface area contributed by atoms with Gasteiger partial charge in [0.1, 0.15) is 5.82 Å². The molecule has 0 bridgehead atoms. The van der Waals surface area contributed by atoms with Crippen LogP contribution in [0.2, 0.25) is 0 Å². The zero-order valence-corrected chi connectivity index (χ0v) is 16.6. The molecule has 0 amide bonds. The minimum absolute atomic E-state index is 0.0587. The minimum Gasteiger partial charge on any atom is -0.378 e. The number of ketones is 1. The molecule has 0 saturated carbocycles. The number of benzene rings is 1. The van der Waals surface area contributed by atoms with Gasteiger partial charge in [0.2, 0.25) is 5.95 Å². The number of nitrogens with two attached hydrogens (primary N) is 1. The van der Waals surface area contributed by atoms with E-state index < -0.39 is 5.92 Å². The van der Waals surface area contributed by atoms with Gasteiger partial charge in [0.25, 0.3) is 5.56 Å². The first-order valence-electron chi connectivity index (χ1n) is 9.36. The molecule has 1 aromatic carbocycles. The number of allylic oxidation sites excluding steroid dienone is 2. The summed E-state index contributed by atoms with van der Waals surface area (Å²) in [6.45, 7) is 4.15. The number of nitrogens with zero attached hydrogens (tertiary/aromatic N) is 2. The van der Waals surface area contributed by atoms with Gasteiger partial charge in [-0.2, -0.15) is 4.98 Å². The predicted octanol–water partition coefficient (Wildman–Crippen LogP) is 2.62. The maximum absolute atomic E-state index is 13.1. The number of aromatic nitrogens is 2. The van der Waals surface area contributed by atoms with E-state index in [1.807, 2.05) is 43.3 Å². The van der Waals surface area contributed by atoms with Crippen LogP contribution in [-0.2, 0) is 4.79 Å². The van der Waals surface area contributed by atoms with Crippen molar-refractivity contribution in [3.05, 3.63) is 57.0 Å². The number of fused-ring (bicyclic) bond motifs is 1. The van der Waals surface area contributed by atoms with Gasteiger partial charge >= 0.3 is 0 Å². The first-order chi connectivity index (χ1) is 13.2. The number of aromatic amines is 1. The highest BCUT2D eigenvalue weighted by Crippen LogP contribution is 2.47. The third kappa shape index (κ3) is 2.96. The smallest absolute Gasteiger partial charge is 0.258 e. The molecular formula is C21H25N5O2. The molecule has 4 N–H and O–H groups in total. The average molecular weight is 379 g/mol. The molecule has 2 aromatic rings. The number of hydrogen-bond acceptors (Lipinski definition) is 6. The van der Waals surface area contributed by atoms with Crippen molar-refractivity contribution in [3.8, 4) is 0 Å². The Bertz CT molecular complexity index is 1050. The van der Waals surface area contributed by atoms with Gasteiger partial charge in [0.15, 0.2) is 5.78 Å². The Morgan fingerprint density at radius 3 is 2.46 bits per heavy atom. The molecule has 1 aromatic heterocycles. The molecule has 2 heterocycles. The molecular weight excluding hydrogens is 354 g/mol. The molecule has 4 rings (SSSR count). The highest BCUT2D eigenvalue weighted by atomic mass is 16.1. The lowest BCUT2D eigenvalue weighted by molar-refractivity contribution is -0.118. The fourth-order valence-electron chi connectivity index (χ4n) is 4.23. The number of nitrogen functional groups attached to an aromatic ring is 1. The topological polar surface area (TPSA) is 104 Å². The summed E-state index contributed by atoms with van der Waals surface area (Å²) < 4.78 is 0. The van der Waals surface area contributed by atoms with Crippen LogP contribution < -0.4 is 21.5 Å². The third-order valence-corrected chi connectivity index (χ3v) is 5.48. The lowest BCUT2D eigenvalue weighted by Gasteiger charge is -2.38. The van der Waals surface area contributed by atoms with Gasteiger partial charge in [-0.25, -0.2) is 0 Å². The SMILES string of the molecule is CN(C)c1ccc(C2C3=C(CC(C)(C)CC3=O)Nc3nc(N)[nH]c(=O)c32)cc1. The maximum Gasteiger partial charge on any atom is 0.258 e. The van der Waals surface area contributed by atoms with E-state index in [4.69, 9.17) is 5.73 Å². The summed E-state index contributed by atoms with van der Waals surface area (Å²) in [5.74, 6) is 0.112. The Kier molecular flexibility index (Phi) is 4.06. The summed E-state index contributed by atoms with van der Waals surface area (Å²) in [5, 5.41) is 3.24. The van der Waals surface area contributed by atoms with E-state index in [0.29, 0.717) is 29.8 Å². The molecule has 1 aliphatic carbocycles. The normalized spacial score (nSPS) is 20.3. The van der Waals surface area contributed by atoms with Crippen LogP contribution in [0.25, 0.3) is 0 Å². The van der Waals surface area contributed by atoms with Crippen molar-refractivity contribution in [2.45, 2.75) is 32.6 Å². The Morgan fingerprint density at radius 2 is 1.82 bits per heavy atom. The van der Waals surface area contributed by atoms with E-state index in [9.17, 15) is 9.59 Å². The van der Waals surface area contributed by atoms with Gasteiger partial charge in [0, 0.05) is 43.4 Å². The molecule has 1 aliphatic heterocycles. The first-order valence-corrected chi connectivity index (χ1v) is 9.36. The second-order valence-corrected chi connectivity index (χ2v) is 8.59. The van der Waals surface area contributed by atoms with Crippen molar-refractivity contribution < 1.29 is 4.79 Å². The van der Waals surface area contributed by atoms with Crippen molar-refractivity contribution in [2.75, 3.05) is 30.0 Å². The van der Waals surface area contributed by atoms with Crippen LogP contribution in [0.15, 0.2) is 40.3 Å². The van der Waals surface area contributed by atoms with Crippen LogP contribution in [0.5, 0.6) is 0 Å². The average Bonchev–Trinajstić information content (AvgIpc) is 2.58. The number of carbonyl (C=O) groups is 1. The highest BCUT2D eigenvalue weighted by molar-refractivity contribution is 6.01. The highest BCUT2D eigenvalue weighted by Gasteiger charge is 2.42. The van der Waals surface area contributed by atoms with Gasteiger partial charge < -0.3 is 16.0 Å². The Hall–Kier alpha value is -3.09. The first kappa shape index (κ1) is 18.3. The zero-order valence-electron chi connectivity index (χ0n) is 16.6. The van der Waals surface area contributed by atoms with Crippen LogP contribution in [0, 0.1) is 5.41 Å². The van der Waals surface area contributed by atoms with Gasteiger partial charge in [-0.1, -0.05) is 26.0 Å². The molecule has 0 fully saturated rings. The van der Waals surface area contributed by atoms with Gasteiger partial charge in [-0.05, 0) is 29.5 Å². The summed E-state index contributed by atoms with van der Waals surface area (Å²) in [4.78, 5) is 34.8. The summed E-state index contributed by atoms with van der Waals surface area (Å²) in [6.07, 6.45) is 1.17. The second kappa shape index (κ2) is 6.22. The van der Waals surface area contributed by atoms with E-state index in [1.54, 1.807) is 0 Å². The van der Waals surface area contributed by atoms with Gasteiger partial charge in [0.05, 0.1) is 5.56 Å². The van der Waals surface area contributed by atoms with Crippen LogP contribution >= 0.6 is 0 Å². The quantitative estimate of drug-likeness (QED) is 0.741. The van der Waals surface area contributed by atoms with E-state index >= 15 is 0 Å². The molecule has 0 spiro atoms. The lowest BCUT2D eigenvalue weighted by atomic mass is 9.69. The fraction of sp³-hybridized carbons (Fsp3) is 0.381. The van der Waals surface area contributed by atoms with Crippen molar-refractivity contribution in [1.82, 2.24) is 9.97 Å². The second-order valence-electron chi connectivity index (χ2n) is 8.59. The van der Waals surface area contributed by atoms with Crippen molar-refractivity contribution >= 4 is 23.2 Å². The third-order valence-electron chi connectivity index (χ3n) is 5.48. The Morgan fingerprint density at radius 1 is 1.14 bits per heavy atom. The zero-order chi connectivity index (χ0) is 20.2. The summed E-state index contributed by atoms with van der Waals surface area (Å²) in [6, 6.07) is 7.94. The molecule has 7 nitrogen and oxygen atoms in total. The van der Waals surface area contributed by atoms with Crippen molar-refractivity contribution in [2.24, 2.45) is 5.41 Å². The molecule has 28 heavy (non-hydrogen) atoms. The fourth-order valence-corrected chi connectivity index (χ4v) is 4.23. The lowest BCUT2D eigenvalue weighted by Crippen LogP contribution is -2.37. The van der Waals surface area contributed by atoms with Crippen LogP contribution in [0.4, 0.5) is 17.5 Å². The monoisotopic (exact) mass is 379 g/mol. The van der Waals surface area contributed by atoms with E-state index in [0.717, 1.165) is 16.9 Å². The summed E-state index contributed by atoms with van der Waals surface area (Å²) in [7, 11) is 3.94. The standard InChI is InChI=1S/C21H25N5O2/c1-21(2)9-13-16(14(27)10-21)15(11-5-7-12(8-6-11)26(3)4)17-18(23-13)24-20(22)25-19(17)28/h5-8,15H,9-10H2,1-4H3,(H4,22,23,24,25,28). The van der Waals surface area contributed by atoms with Crippen LogP contribution in [0.1, 0.15) is 43.7 Å². The molecule has 146 valence electrons. The summed E-state index contributed by atoms with van der Waals surface area (Å²) >= 11 is 0. The molecule has 0 radical (unpaired) electrons. The largest absolute Gasteiger partial charge is 0.378 e. The molecule has 1 atom stereocenters. The summed E-state index contributed by atoms with van der Waals surface area (Å²) in [5.41, 5.74) is 9.20. The molecule has 7 heteroatoms. The number of nitrogens with one attached hydrogen (secondary N) is 2. The maximum atomic E-state index is 13.1. The Balaban J connectivity index is 1.94. The molecule has 1 unspecified atom stereocenters. The molecule has 0 saturated heterocycles. The van der Waals surface area contributed by atoms with Crippen LogP contribution in [0.3, 0.4) is 0 Å². The van der Waals surface area contributed by atoms with E-state index in [-0.39, 0.29) is 22.7 Å². The van der Waals surface area contributed by atoms with Gasteiger partial charge in [-0.3, -0.25) is 14.6 Å². The van der Waals surface area contributed by atoms with Crippen LogP contribution in [-0.4, -0.2) is 29.8 Å². The number of Topliss-reactive ketones (excluding diaryl/α,β-unsaturated/α-hetero) is 1. The van der Waals surface area contributed by atoms with E-state index in [2.05, 4.69) is 29.1 Å². The number of hydrogen-bond donors (Lipinski definition) is 3. The number of carbonyl (C=O) groups excluding carboxylic acids is 1. The van der Waals surface area contributed by atoms with Gasteiger partial charge in [-0.15, -0.1) is 0 Å². The number of anilines is 3. The number of rotatable bonds is 2. The van der Waals surface area contributed by atoms with Crippen molar-refractivity contribution in [1.29, 1.82) is 0 Å². The predicted molar refractivity (Wildman–Crippen MR) is 111 cm³/mol. The minimum atomic E-state index is -0.456. The van der Waals surface area contributed by atoms with E-state index in [1.165, 1.54) is 0 Å². The Labute approximate surface area is 163 Å².